The summed E-state index contributed by atoms with van der Waals surface area (Å²) in [6.45, 7) is 0. The van der Waals surface area contributed by atoms with Gasteiger partial charge in [-0.3, -0.25) is 0 Å². The molecule has 0 radical (unpaired) electrons. The van der Waals surface area contributed by atoms with Crippen LogP contribution in [0.25, 0.3) is 10.9 Å². The Balaban J connectivity index is 2.06. The van der Waals surface area contributed by atoms with Crippen molar-refractivity contribution >= 4 is 28.2 Å². The molecule has 0 atom stereocenters. The Kier molecular flexibility index (Phi) is 2.84. The van der Waals surface area contributed by atoms with Crippen LogP contribution >= 0.6 is 11.6 Å². The number of nitrogens with two attached hydrogens (primary N) is 1. The minimum absolute atomic E-state index is 0.507. The van der Waals surface area contributed by atoms with Crippen molar-refractivity contribution in [2.24, 2.45) is 7.05 Å². The Bertz CT molecular complexity index is 749. The van der Waals surface area contributed by atoms with E-state index in [0.29, 0.717) is 16.5 Å². The molecule has 0 aliphatic rings. The van der Waals surface area contributed by atoms with Crippen LogP contribution in [-0.4, -0.2) is 4.57 Å². The van der Waals surface area contributed by atoms with Gasteiger partial charge in [-0.2, -0.15) is 0 Å². The van der Waals surface area contributed by atoms with Crippen molar-refractivity contribution in [3.8, 4) is 11.5 Å². The fraction of sp³-hybridized carbons (Fsp3) is 0.0667. The highest BCUT2D eigenvalue weighted by atomic mass is 35.5. The Morgan fingerprint density at radius 2 is 1.95 bits per heavy atom. The molecule has 0 fully saturated rings. The molecule has 3 nitrogen and oxygen atoms in total. The van der Waals surface area contributed by atoms with Crippen LogP contribution in [0.3, 0.4) is 0 Å². The first-order valence-corrected chi connectivity index (χ1v) is 6.30. The van der Waals surface area contributed by atoms with E-state index in [0.717, 1.165) is 16.7 Å². The molecule has 0 bridgehead atoms. The maximum Gasteiger partial charge on any atom is 0.146 e. The topological polar surface area (TPSA) is 40.2 Å². The molecule has 3 rings (SSSR count). The number of hydrogen-bond donors (Lipinski definition) is 1. The average molecular weight is 273 g/mol. The molecular formula is C15H13ClN2O. The van der Waals surface area contributed by atoms with Crippen molar-refractivity contribution < 1.29 is 4.74 Å². The predicted molar refractivity (Wildman–Crippen MR) is 78.9 cm³/mol. The van der Waals surface area contributed by atoms with Gasteiger partial charge in [0, 0.05) is 24.3 Å². The summed E-state index contributed by atoms with van der Waals surface area (Å²) in [5.74, 6) is 1.39. The fourth-order valence-electron chi connectivity index (χ4n) is 2.08. The normalized spacial score (nSPS) is 10.8. The first kappa shape index (κ1) is 11.9. The zero-order valence-corrected chi connectivity index (χ0v) is 11.2. The number of rotatable bonds is 2. The molecule has 4 heteroatoms. The van der Waals surface area contributed by atoms with Crippen LogP contribution in [0.4, 0.5) is 5.69 Å². The lowest BCUT2D eigenvalue weighted by Crippen LogP contribution is -1.89. The Labute approximate surface area is 116 Å². The summed E-state index contributed by atoms with van der Waals surface area (Å²) in [6.07, 6.45) is 2.00. The second-order valence-corrected chi connectivity index (χ2v) is 4.81. The fourth-order valence-corrected chi connectivity index (χ4v) is 2.31. The number of nitrogen functional groups attached to an aromatic ring is 1. The summed E-state index contributed by atoms with van der Waals surface area (Å²) >= 11 is 6.13. The lowest BCUT2D eigenvalue weighted by atomic mass is 10.2. The molecule has 2 aromatic carbocycles. The molecule has 0 unspecified atom stereocenters. The zero-order valence-electron chi connectivity index (χ0n) is 10.4. The van der Waals surface area contributed by atoms with Gasteiger partial charge in [-0.05, 0) is 36.4 Å². The van der Waals surface area contributed by atoms with Gasteiger partial charge < -0.3 is 15.0 Å². The van der Waals surface area contributed by atoms with Crippen molar-refractivity contribution in [3.05, 3.63) is 53.7 Å². The monoisotopic (exact) mass is 272 g/mol. The molecule has 0 amide bonds. The van der Waals surface area contributed by atoms with Crippen molar-refractivity contribution in [1.82, 2.24) is 4.57 Å². The largest absolute Gasteiger partial charge is 0.455 e. The molecule has 96 valence electrons. The molecule has 0 aliphatic heterocycles. The maximum atomic E-state index is 6.13. The molecule has 0 aliphatic carbocycles. The summed E-state index contributed by atoms with van der Waals surface area (Å²) < 4.78 is 7.94. The van der Waals surface area contributed by atoms with Gasteiger partial charge in [-0.1, -0.05) is 17.7 Å². The Hall–Kier alpha value is -2.13. The van der Waals surface area contributed by atoms with Crippen LogP contribution < -0.4 is 10.5 Å². The van der Waals surface area contributed by atoms with Crippen LogP contribution in [0.2, 0.25) is 5.02 Å². The first-order chi connectivity index (χ1) is 9.15. The average Bonchev–Trinajstić information content (AvgIpc) is 2.76. The molecule has 3 aromatic rings. The number of ether oxygens (including phenoxy) is 1. The summed E-state index contributed by atoms with van der Waals surface area (Å²) in [5, 5.41) is 1.56. The third-order valence-corrected chi connectivity index (χ3v) is 3.36. The highest BCUT2D eigenvalue weighted by Crippen LogP contribution is 2.34. The number of halogens is 1. The molecule has 2 N–H and O–H groups in total. The van der Waals surface area contributed by atoms with Gasteiger partial charge >= 0.3 is 0 Å². The predicted octanol–water partition coefficient (Wildman–Crippen LogP) is 4.21. The van der Waals surface area contributed by atoms with E-state index in [-0.39, 0.29) is 0 Å². The number of anilines is 1. The molecule has 0 spiro atoms. The van der Waals surface area contributed by atoms with Crippen LogP contribution in [0.5, 0.6) is 11.5 Å². The zero-order chi connectivity index (χ0) is 13.4. The van der Waals surface area contributed by atoms with Crippen LogP contribution in [0.15, 0.2) is 48.7 Å². The van der Waals surface area contributed by atoms with Gasteiger partial charge in [0.25, 0.3) is 0 Å². The number of nitrogens with zero attached hydrogens (tertiary/aromatic N) is 1. The van der Waals surface area contributed by atoms with Gasteiger partial charge in [0.05, 0.1) is 10.5 Å². The maximum absolute atomic E-state index is 6.13. The van der Waals surface area contributed by atoms with E-state index in [1.807, 2.05) is 42.1 Å². The van der Waals surface area contributed by atoms with E-state index < -0.39 is 0 Å². The van der Waals surface area contributed by atoms with Gasteiger partial charge in [-0.25, -0.2) is 0 Å². The molecule has 0 saturated carbocycles. The number of hydrogen-bond acceptors (Lipinski definition) is 2. The lowest BCUT2D eigenvalue weighted by molar-refractivity contribution is 0.488. The van der Waals surface area contributed by atoms with Crippen molar-refractivity contribution in [2.45, 2.75) is 0 Å². The van der Waals surface area contributed by atoms with Crippen molar-refractivity contribution in [3.63, 3.8) is 0 Å². The van der Waals surface area contributed by atoms with E-state index in [2.05, 4.69) is 0 Å². The summed E-state index contributed by atoms with van der Waals surface area (Å²) in [4.78, 5) is 0. The van der Waals surface area contributed by atoms with E-state index in [1.165, 1.54) is 0 Å². The third kappa shape index (κ3) is 2.13. The van der Waals surface area contributed by atoms with E-state index in [4.69, 9.17) is 22.1 Å². The summed E-state index contributed by atoms with van der Waals surface area (Å²) in [5.41, 5.74) is 7.41. The van der Waals surface area contributed by atoms with Crippen molar-refractivity contribution in [1.29, 1.82) is 0 Å². The quantitative estimate of drug-likeness (QED) is 0.710. The van der Waals surface area contributed by atoms with Crippen LogP contribution in [0, 0.1) is 0 Å². The summed E-state index contributed by atoms with van der Waals surface area (Å²) in [7, 11) is 2.00. The SMILES string of the molecule is Cn1ccc2c(Oc3ccc(N)cc3Cl)cccc21. The molecule has 0 saturated heterocycles. The molecule has 19 heavy (non-hydrogen) atoms. The minimum atomic E-state index is 0.507. The Morgan fingerprint density at radius 3 is 2.74 bits per heavy atom. The highest BCUT2D eigenvalue weighted by molar-refractivity contribution is 6.32. The van der Waals surface area contributed by atoms with Crippen LogP contribution in [0.1, 0.15) is 0 Å². The molecular weight excluding hydrogens is 260 g/mol. The minimum Gasteiger partial charge on any atom is -0.455 e. The third-order valence-electron chi connectivity index (χ3n) is 3.06. The smallest absolute Gasteiger partial charge is 0.146 e. The van der Waals surface area contributed by atoms with Crippen molar-refractivity contribution in [2.75, 3.05) is 5.73 Å². The van der Waals surface area contributed by atoms with Gasteiger partial charge in [0.1, 0.15) is 11.5 Å². The lowest BCUT2D eigenvalue weighted by Gasteiger charge is -2.09. The molecule has 1 aromatic heterocycles. The van der Waals surface area contributed by atoms with E-state index >= 15 is 0 Å². The standard InChI is InChI=1S/C15H13ClN2O/c1-18-8-7-11-13(18)3-2-4-14(11)19-15-6-5-10(17)9-12(15)16/h2-9H,17H2,1H3. The summed E-state index contributed by atoms with van der Waals surface area (Å²) in [6, 6.07) is 13.2. The van der Waals surface area contributed by atoms with Gasteiger partial charge in [0.2, 0.25) is 0 Å². The number of benzene rings is 2. The second kappa shape index (κ2) is 4.52. The van der Waals surface area contributed by atoms with Gasteiger partial charge in [-0.15, -0.1) is 0 Å². The van der Waals surface area contributed by atoms with Crippen LogP contribution in [-0.2, 0) is 7.05 Å². The first-order valence-electron chi connectivity index (χ1n) is 5.92. The van der Waals surface area contributed by atoms with E-state index in [9.17, 15) is 0 Å². The number of aromatic nitrogens is 1. The highest BCUT2D eigenvalue weighted by Gasteiger charge is 2.08. The van der Waals surface area contributed by atoms with E-state index in [1.54, 1.807) is 18.2 Å². The molecule has 1 heterocycles. The Morgan fingerprint density at radius 1 is 1.11 bits per heavy atom. The number of aryl methyl sites for hydroxylation is 1. The second-order valence-electron chi connectivity index (χ2n) is 4.41. The van der Waals surface area contributed by atoms with Gasteiger partial charge in [0.15, 0.2) is 0 Å². The number of fused-ring (bicyclic) bond motifs is 1.